The van der Waals surface area contributed by atoms with E-state index in [1.807, 2.05) is 49.1 Å². The highest BCUT2D eigenvalue weighted by Crippen LogP contribution is 2.14. The molecule has 0 aliphatic rings. The third kappa shape index (κ3) is 30.3. The zero-order chi connectivity index (χ0) is 38.6. The van der Waals surface area contributed by atoms with Gasteiger partial charge < -0.3 is 44.6 Å². The Bertz CT molecular complexity index is 1070. The van der Waals surface area contributed by atoms with E-state index in [2.05, 4.69) is 33.6 Å². The van der Waals surface area contributed by atoms with Gasteiger partial charge in [0.15, 0.2) is 24.8 Å². The van der Waals surface area contributed by atoms with E-state index in [9.17, 15) is 9.59 Å². The van der Waals surface area contributed by atoms with Gasteiger partial charge >= 0.3 is 0 Å². The number of carbonyl (C=O) groups excluding carboxylic acids is 2. The molecule has 0 unspecified atom stereocenters. The number of amides is 2. The summed E-state index contributed by atoms with van der Waals surface area (Å²) in [6, 6.07) is 7.68. The molecule has 56 heavy (non-hydrogen) atoms. The molecule has 2 rings (SSSR count). The van der Waals surface area contributed by atoms with Gasteiger partial charge in [-0.2, -0.15) is 0 Å². The number of unbranched alkanes of at least 4 members (excludes halogenated alkanes) is 27. The number of aromatic nitrogens is 2. The highest BCUT2D eigenvalue weighted by atomic mass is 79.9. The van der Waals surface area contributed by atoms with Gasteiger partial charge in [-0.05, 0) is 25.7 Å². The van der Waals surface area contributed by atoms with Gasteiger partial charge in [0.1, 0.15) is 13.1 Å². The smallest absolute Gasteiger partial charge is 0.251 e. The number of rotatable bonds is 37. The number of hydrogen-bond donors (Lipinski definition) is 2. The molecule has 2 heterocycles. The molecule has 2 aromatic rings. The first kappa shape index (κ1) is 54.2. The first-order valence-corrected chi connectivity index (χ1v) is 23.2. The van der Waals surface area contributed by atoms with Gasteiger partial charge in [-0.3, -0.25) is 9.59 Å². The van der Waals surface area contributed by atoms with Gasteiger partial charge in [0, 0.05) is 50.2 Å². The van der Waals surface area contributed by atoms with Gasteiger partial charge in [0.05, 0.1) is 11.1 Å². The molecule has 0 bridgehead atoms. The second-order valence-electron chi connectivity index (χ2n) is 16.1. The summed E-state index contributed by atoms with van der Waals surface area (Å²) >= 11 is 0. The van der Waals surface area contributed by atoms with Crippen molar-refractivity contribution in [2.75, 3.05) is 13.1 Å². The van der Waals surface area contributed by atoms with Crippen LogP contribution in [0.1, 0.15) is 227 Å². The predicted molar refractivity (Wildman–Crippen MR) is 228 cm³/mol. The SMILES string of the molecule is CCCCCCCCCCCCCCCC[n+]1ccc(C(=O)NCCCCNC(=O)c2cc[n+](CCCCCCCCCCCCCCCC)cc2)cc1.[Br-].[Br-]. The average molecular weight is 909 g/mol. The number of nitrogens with zero attached hydrogens (tertiary/aromatic N) is 2. The average Bonchev–Trinajstić information content (AvgIpc) is 3.19. The fraction of sp³-hybridized carbons (Fsp3) is 0.750. The lowest BCUT2D eigenvalue weighted by Gasteiger charge is -2.07. The maximum atomic E-state index is 12.6. The second kappa shape index (κ2) is 40.0. The van der Waals surface area contributed by atoms with Gasteiger partial charge in [-0.15, -0.1) is 0 Å². The molecule has 0 fully saturated rings. The van der Waals surface area contributed by atoms with Crippen molar-refractivity contribution < 1.29 is 52.7 Å². The van der Waals surface area contributed by atoms with Crippen LogP contribution in [0.5, 0.6) is 0 Å². The Labute approximate surface area is 366 Å². The number of pyridine rings is 2. The van der Waals surface area contributed by atoms with Crippen LogP contribution in [0.25, 0.3) is 0 Å². The van der Waals surface area contributed by atoms with Gasteiger partial charge in [0.2, 0.25) is 0 Å². The standard InChI is InChI=1S/C48H82N4O2.2BrH/c1-3-5-7-9-11-13-15-17-19-21-23-25-27-31-39-51-41-33-45(34-42-51)47(53)49-37-29-30-38-50-48(54)46-35-43-52(44-36-46)40-32-28-26-24-22-20-18-16-14-12-10-8-6-4-2;;/h33-36,41-44H,3-32,37-40H2,1-2H3;2*1H. The molecule has 0 spiro atoms. The van der Waals surface area contributed by atoms with Crippen LogP contribution in [0.4, 0.5) is 0 Å². The molecular weight excluding hydrogens is 824 g/mol. The maximum absolute atomic E-state index is 12.6. The normalized spacial score (nSPS) is 10.8. The van der Waals surface area contributed by atoms with E-state index in [1.165, 1.54) is 180 Å². The van der Waals surface area contributed by atoms with Crippen molar-refractivity contribution >= 4 is 11.8 Å². The summed E-state index contributed by atoms with van der Waals surface area (Å²) in [6.45, 7) is 7.79. The van der Waals surface area contributed by atoms with Crippen LogP contribution >= 0.6 is 0 Å². The molecular formula is C48H84Br2N4O2. The molecule has 0 aliphatic heterocycles. The van der Waals surface area contributed by atoms with Gasteiger partial charge in [-0.25, -0.2) is 9.13 Å². The molecule has 0 atom stereocenters. The summed E-state index contributed by atoms with van der Waals surface area (Å²) in [5, 5.41) is 6.05. The molecule has 6 nitrogen and oxygen atoms in total. The highest BCUT2D eigenvalue weighted by Gasteiger charge is 2.10. The predicted octanol–water partition coefficient (Wildman–Crippen LogP) is 6.17. The summed E-state index contributed by atoms with van der Waals surface area (Å²) in [5.74, 6) is -0.0660. The van der Waals surface area contributed by atoms with Crippen molar-refractivity contribution in [2.45, 2.75) is 220 Å². The van der Waals surface area contributed by atoms with E-state index >= 15 is 0 Å². The minimum absolute atomic E-state index is 0. The van der Waals surface area contributed by atoms with Crippen LogP contribution < -0.4 is 53.7 Å². The van der Waals surface area contributed by atoms with Crippen LogP contribution in [0.3, 0.4) is 0 Å². The Hall–Kier alpha value is -1.80. The minimum Gasteiger partial charge on any atom is -1.00 e. The Morgan fingerprint density at radius 2 is 0.607 bits per heavy atom. The number of carbonyl (C=O) groups is 2. The summed E-state index contributed by atoms with van der Waals surface area (Å²) in [7, 11) is 0. The van der Waals surface area contributed by atoms with Crippen molar-refractivity contribution in [1.82, 2.24) is 10.6 Å². The molecule has 2 amide bonds. The summed E-state index contributed by atoms with van der Waals surface area (Å²) in [6.07, 6.45) is 48.2. The minimum atomic E-state index is -0.0330. The highest BCUT2D eigenvalue weighted by molar-refractivity contribution is 5.94. The first-order chi connectivity index (χ1) is 26.6. The summed E-state index contributed by atoms with van der Waals surface area (Å²) in [5.41, 5.74) is 1.40. The van der Waals surface area contributed by atoms with E-state index in [1.54, 1.807) is 0 Å². The van der Waals surface area contributed by atoms with Crippen molar-refractivity contribution in [3.05, 3.63) is 60.2 Å². The zero-order valence-electron chi connectivity index (χ0n) is 36.1. The largest absolute Gasteiger partial charge is 1.00 e. The molecule has 0 saturated carbocycles. The summed E-state index contributed by atoms with van der Waals surface area (Å²) < 4.78 is 4.38. The van der Waals surface area contributed by atoms with Crippen LogP contribution in [-0.4, -0.2) is 24.9 Å². The lowest BCUT2D eigenvalue weighted by Crippen LogP contribution is -3.00. The van der Waals surface area contributed by atoms with Crippen molar-refractivity contribution in [1.29, 1.82) is 0 Å². The third-order valence-corrected chi connectivity index (χ3v) is 11.0. The van der Waals surface area contributed by atoms with E-state index in [0.717, 1.165) is 25.9 Å². The fourth-order valence-corrected chi connectivity index (χ4v) is 7.35. The van der Waals surface area contributed by atoms with E-state index in [4.69, 9.17) is 0 Å². The molecule has 2 N–H and O–H groups in total. The van der Waals surface area contributed by atoms with E-state index in [-0.39, 0.29) is 45.8 Å². The molecule has 322 valence electrons. The number of halogens is 2. The number of nitrogens with one attached hydrogen (secondary N) is 2. The lowest BCUT2D eigenvalue weighted by molar-refractivity contribution is -0.697. The van der Waals surface area contributed by atoms with Gasteiger partial charge in [0.25, 0.3) is 11.8 Å². The molecule has 0 saturated heterocycles. The Balaban J connectivity index is 0.0000151. The Morgan fingerprint density at radius 1 is 0.375 bits per heavy atom. The van der Waals surface area contributed by atoms with E-state index in [0.29, 0.717) is 24.2 Å². The van der Waals surface area contributed by atoms with E-state index < -0.39 is 0 Å². The quantitative estimate of drug-likeness (QED) is 0.0630. The topological polar surface area (TPSA) is 66.0 Å². The van der Waals surface area contributed by atoms with Crippen molar-refractivity contribution in [3.63, 3.8) is 0 Å². The van der Waals surface area contributed by atoms with Crippen LogP contribution in [0, 0.1) is 0 Å². The molecule has 0 aromatic carbocycles. The third-order valence-electron chi connectivity index (χ3n) is 11.0. The van der Waals surface area contributed by atoms with Crippen LogP contribution in [-0.2, 0) is 13.1 Å². The first-order valence-electron chi connectivity index (χ1n) is 23.2. The molecule has 8 heteroatoms. The number of aryl methyl sites for hydroxylation is 2. The van der Waals surface area contributed by atoms with Crippen LogP contribution in [0.2, 0.25) is 0 Å². The molecule has 0 aliphatic carbocycles. The number of hydrogen-bond acceptors (Lipinski definition) is 2. The monoisotopic (exact) mass is 906 g/mol. The lowest BCUT2D eigenvalue weighted by atomic mass is 10.0. The Kier molecular flexibility index (Phi) is 38.7. The van der Waals surface area contributed by atoms with Crippen LogP contribution in [0.15, 0.2) is 49.1 Å². The van der Waals surface area contributed by atoms with Crippen molar-refractivity contribution in [3.8, 4) is 0 Å². The maximum Gasteiger partial charge on any atom is 0.251 e. The Morgan fingerprint density at radius 3 is 0.857 bits per heavy atom. The molecule has 2 aromatic heterocycles. The summed E-state index contributed by atoms with van der Waals surface area (Å²) in [4.78, 5) is 25.2. The second-order valence-corrected chi connectivity index (χ2v) is 16.1. The fourth-order valence-electron chi connectivity index (χ4n) is 7.35. The molecule has 0 radical (unpaired) electrons. The zero-order valence-corrected chi connectivity index (χ0v) is 39.3. The van der Waals surface area contributed by atoms with Gasteiger partial charge in [-0.1, -0.05) is 168 Å². The van der Waals surface area contributed by atoms with Crippen molar-refractivity contribution in [2.24, 2.45) is 0 Å².